The van der Waals surface area contributed by atoms with E-state index in [2.05, 4.69) is 10.4 Å². The Kier molecular flexibility index (Phi) is 3.52. The smallest absolute Gasteiger partial charge is 0.0814 e. The average Bonchev–Trinajstić information content (AvgIpc) is 2.61. The fourth-order valence-electron chi connectivity index (χ4n) is 1.28. The van der Waals surface area contributed by atoms with Crippen LogP contribution in [0, 0.1) is 0 Å². The lowest BCUT2D eigenvalue weighted by Crippen LogP contribution is -2.35. The van der Waals surface area contributed by atoms with Gasteiger partial charge in [-0.1, -0.05) is 13.8 Å². The van der Waals surface area contributed by atoms with E-state index in [1.807, 2.05) is 27.1 Å². The second kappa shape index (κ2) is 4.46. The molecule has 0 radical (unpaired) electrons. The highest BCUT2D eigenvalue weighted by Crippen LogP contribution is 2.15. The van der Waals surface area contributed by atoms with Gasteiger partial charge in [0.1, 0.15) is 0 Å². The number of hydrogen-bond acceptors (Lipinski definition) is 3. The van der Waals surface area contributed by atoms with Crippen LogP contribution in [0.25, 0.3) is 0 Å². The molecule has 2 N–H and O–H groups in total. The predicted molar refractivity (Wildman–Crippen MR) is 57.2 cm³/mol. The van der Waals surface area contributed by atoms with E-state index in [1.54, 1.807) is 10.9 Å². The molecule has 0 aliphatic rings. The van der Waals surface area contributed by atoms with Crippen molar-refractivity contribution in [3.05, 3.63) is 12.4 Å². The molecule has 1 aromatic rings. The largest absolute Gasteiger partial charge is 0.388 e. The molecule has 0 aliphatic heterocycles. The van der Waals surface area contributed by atoms with E-state index in [-0.39, 0.29) is 0 Å². The Balaban J connectivity index is 2.47. The molecule has 0 atom stereocenters. The summed E-state index contributed by atoms with van der Waals surface area (Å²) in [6, 6.07) is 0. The number of rotatable bonds is 5. The number of nitrogens with zero attached hydrogens (tertiary/aromatic N) is 2. The molecule has 0 spiro atoms. The molecular formula is C10H19N3O. The van der Waals surface area contributed by atoms with Crippen LogP contribution in [0.1, 0.15) is 26.7 Å². The summed E-state index contributed by atoms with van der Waals surface area (Å²) in [4.78, 5) is 0. The van der Waals surface area contributed by atoms with E-state index < -0.39 is 5.60 Å². The fourth-order valence-corrected chi connectivity index (χ4v) is 1.28. The summed E-state index contributed by atoms with van der Waals surface area (Å²) in [7, 11) is 1.87. The lowest BCUT2D eigenvalue weighted by Gasteiger charge is -2.25. The quantitative estimate of drug-likeness (QED) is 0.750. The average molecular weight is 197 g/mol. The molecule has 0 amide bonds. The first-order valence-electron chi connectivity index (χ1n) is 5.04. The van der Waals surface area contributed by atoms with E-state index in [0.717, 1.165) is 18.5 Å². The minimum atomic E-state index is -0.601. The Labute approximate surface area is 84.9 Å². The van der Waals surface area contributed by atoms with Crippen LogP contribution >= 0.6 is 0 Å². The van der Waals surface area contributed by atoms with Crippen molar-refractivity contribution in [2.45, 2.75) is 32.3 Å². The number of aryl methyl sites for hydroxylation is 1. The van der Waals surface area contributed by atoms with E-state index in [4.69, 9.17) is 0 Å². The Morgan fingerprint density at radius 1 is 1.50 bits per heavy atom. The zero-order chi connectivity index (χ0) is 10.6. The maximum absolute atomic E-state index is 10.0. The van der Waals surface area contributed by atoms with Crippen molar-refractivity contribution in [3.8, 4) is 0 Å². The van der Waals surface area contributed by atoms with E-state index in [0.29, 0.717) is 6.54 Å². The van der Waals surface area contributed by atoms with Gasteiger partial charge in [-0.25, -0.2) is 0 Å². The summed E-state index contributed by atoms with van der Waals surface area (Å²) in [5, 5.41) is 17.2. The van der Waals surface area contributed by atoms with Gasteiger partial charge >= 0.3 is 0 Å². The van der Waals surface area contributed by atoms with Crippen molar-refractivity contribution < 1.29 is 5.11 Å². The summed E-state index contributed by atoms with van der Waals surface area (Å²) in [5.74, 6) is 0. The maximum atomic E-state index is 10.0. The first kappa shape index (κ1) is 11.0. The van der Waals surface area contributed by atoms with Crippen molar-refractivity contribution in [2.75, 3.05) is 11.9 Å². The summed E-state index contributed by atoms with van der Waals surface area (Å²) < 4.78 is 1.74. The monoisotopic (exact) mass is 197 g/mol. The predicted octanol–water partition coefficient (Wildman–Crippen LogP) is 1.38. The van der Waals surface area contributed by atoms with Crippen LogP contribution < -0.4 is 5.32 Å². The normalized spacial score (nSPS) is 11.7. The van der Waals surface area contributed by atoms with Crippen LogP contribution in [-0.2, 0) is 7.05 Å². The molecule has 0 fully saturated rings. The Bertz CT molecular complexity index is 279. The van der Waals surface area contributed by atoms with Crippen molar-refractivity contribution >= 4 is 5.69 Å². The molecule has 0 aromatic carbocycles. The zero-order valence-corrected chi connectivity index (χ0v) is 9.12. The van der Waals surface area contributed by atoms with Crippen LogP contribution in [0.2, 0.25) is 0 Å². The highest BCUT2D eigenvalue weighted by Gasteiger charge is 2.21. The SMILES string of the molecule is CCC(O)(CC)CNc1cnn(C)c1. The molecule has 0 saturated carbocycles. The Hall–Kier alpha value is -1.03. The molecule has 1 rings (SSSR count). The first-order chi connectivity index (χ1) is 6.59. The van der Waals surface area contributed by atoms with E-state index in [9.17, 15) is 5.11 Å². The second-order valence-corrected chi connectivity index (χ2v) is 3.69. The Morgan fingerprint density at radius 2 is 2.14 bits per heavy atom. The number of aliphatic hydroxyl groups is 1. The van der Waals surface area contributed by atoms with Gasteiger partial charge < -0.3 is 10.4 Å². The van der Waals surface area contributed by atoms with Gasteiger partial charge in [-0.15, -0.1) is 0 Å². The van der Waals surface area contributed by atoms with Gasteiger partial charge in [-0.2, -0.15) is 5.10 Å². The van der Waals surface area contributed by atoms with Gasteiger partial charge in [0.05, 0.1) is 17.5 Å². The number of anilines is 1. The van der Waals surface area contributed by atoms with E-state index >= 15 is 0 Å². The van der Waals surface area contributed by atoms with Crippen LogP contribution in [0.4, 0.5) is 5.69 Å². The van der Waals surface area contributed by atoms with Crippen LogP contribution in [0.3, 0.4) is 0 Å². The van der Waals surface area contributed by atoms with Gasteiger partial charge in [-0.3, -0.25) is 4.68 Å². The van der Waals surface area contributed by atoms with Crippen molar-refractivity contribution in [3.63, 3.8) is 0 Å². The zero-order valence-electron chi connectivity index (χ0n) is 9.12. The molecule has 0 aliphatic carbocycles. The third kappa shape index (κ3) is 2.73. The molecule has 1 aromatic heterocycles. The third-order valence-electron chi connectivity index (χ3n) is 2.64. The van der Waals surface area contributed by atoms with Crippen molar-refractivity contribution in [1.82, 2.24) is 9.78 Å². The van der Waals surface area contributed by atoms with Crippen LogP contribution in [0.15, 0.2) is 12.4 Å². The lowest BCUT2D eigenvalue weighted by atomic mass is 9.98. The van der Waals surface area contributed by atoms with Gasteiger partial charge in [0, 0.05) is 19.8 Å². The standard InChI is InChI=1S/C10H19N3O/c1-4-10(14,5-2)8-11-9-6-12-13(3)7-9/h6-7,11,14H,4-5,8H2,1-3H3. The summed E-state index contributed by atoms with van der Waals surface area (Å²) in [6.07, 6.45) is 5.17. The maximum Gasteiger partial charge on any atom is 0.0814 e. The minimum Gasteiger partial charge on any atom is -0.388 e. The molecule has 4 nitrogen and oxygen atoms in total. The van der Waals surface area contributed by atoms with Crippen LogP contribution in [-0.4, -0.2) is 27.0 Å². The molecule has 14 heavy (non-hydrogen) atoms. The molecule has 80 valence electrons. The number of hydrogen-bond donors (Lipinski definition) is 2. The van der Waals surface area contributed by atoms with Crippen LogP contribution in [0.5, 0.6) is 0 Å². The molecule has 0 unspecified atom stereocenters. The topological polar surface area (TPSA) is 50.1 Å². The minimum absolute atomic E-state index is 0.575. The fraction of sp³-hybridized carbons (Fsp3) is 0.700. The molecular weight excluding hydrogens is 178 g/mol. The van der Waals surface area contributed by atoms with E-state index in [1.165, 1.54) is 0 Å². The summed E-state index contributed by atoms with van der Waals surface area (Å²) >= 11 is 0. The molecule has 1 heterocycles. The summed E-state index contributed by atoms with van der Waals surface area (Å²) in [5.41, 5.74) is 0.350. The Morgan fingerprint density at radius 3 is 2.57 bits per heavy atom. The van der Waals surface area contributed by atoms with Gasteiger partial charge in [0.25, 0.3) is 0 Å². The third-order valence-corrected chi connectivity index (χ3v) is 2.64. The van der Waals surface area contributed by atoms with Gasteiger partial charge in [0.2, 0.25) is 0 Å². The number of aromatic nitrogens is 2. The molecule has 4 heteroatoms. The van der Waals surface area contributed by atoms with Gasteiger partial charge in [-0.05, 0) is 12.8 Å². The first-order valence-corrected chi connectivity index (χ1v) is 5.04. The number of nitrogens with one attached hydrogen (secondary N) is 1. The second-order valence-electron chi connectivity index (χ2n) is 3.69. The van der Waals surface area contributed by atoms with Gasteiger partial charge in [0.15, 0.2) is 0 Å². The highest BCUT2D eigenvalue weighted by molar-refractivity contribution is 5.38. The van der Waals surface area contributed by atoms with Crippen molar-refractivity contribution in [2.24, 2.45) is 7.05 Å². The molecule has 0 bridgehead atoms. The highest BCUT2D eigenvalue weighted by atomic mass is 16.3. The van der Waals surface area contributed by atoms with Crippen molar-refractivity contribution in [1.29, 1.82) is 0 Å². The lowest BCUT2D eigenvalue weighted by molar-refractivity contribution is 0.0457. The summed E-state index contributed by atoms with van der Waals surface area (Å²) in [6.45, 7) is 4.56. The molecule has 0 saturated heterocycles.